The molecule has 4 heteroatoms. The van der Waals surface area contributed by atoms with Crippen LogP contribution in [0.25, 0.3) is 0 Å². The van der Waals surface area contributed by atoms with Crippen molar-refractivity contribution in [1.29, 1.82) is 0 Å². The highest BCUT2D eigenvalue weighted by atomic mass is 16.6. The van der Waals surface area contributed by atoms with Gasteiger partial charge in [-0.2, -0.15) is 0 Å². The third kappa shape index (κ3) is 2.89. The van der Waals surface area contributed by atoms with Gasteiger partial charge in [0.05, 0.1) is 7.11 Å². The molecule has 0 saturated heterocycles. The number of hydrogen-bond donors (Lipinski definition) is 1. The van der Waals surface area contributed by atoms with Crippen LogP contribution < -0.4 is 10.1 Å². The van der Waals surface area contributed by atoms with Crippen molar-refractivity contribution >= 4 is 5.97 Å². The molecule has 2 unspecified atom stereocenters. The molecule has 1 aliphatic carbocycles. The summed E-state index contributed by atoms with van der Waals surface area (Å²) in [6, 6.07) is 6.41. The molecule has 0 amide bonds. The maximum absolute atomic E-state index is 11.4. The lowest BCUT2D eigenvalue weighted by Gasteiger charge is -2.27. The molecule has 19 heavy (non-hydrogen) atoms. The lowest BCUT2D eigenvalue weighted by Crippen LogP contribution is -2.27. The smallest absolute Gasteiger partial charge is 0.346 e. The summed E-state index contributed by atoms with van der Waals surface area (Å²) in [5.41, 5.74) is 2.49. The van der Waals surface area contributed by atoms with Crippen LogP contribution in [0, 0.1) is 0 Å². The van der Waals surface area contributed by atoms with Gasteiger partial charge >= 0.3 is 5.97 Å². The minimum atomic E-state index is -0.577. The van der Waals surface area contributed by atoms with Gasteiger partial charge in [-0.25, -0.2) is 4.79 Å². The number of rotatable bonds is 4. The number of nitrogens with one attached hydrogen (secondary N) is 1. The second-order valence-electron chi connectivity index (χ2n) is 4.84. The summed E-state index contributed by atoms with van der Waals surface area (Å²) in [4.78, 5) is 11.4. The first-order chi connectivity index (χ1) is 9.17. The zero-order valence-electron chi connectivity index (χ0n) is 11.7. The molecular weight excluding hydrogens is 242 g/mol. The zero-order chi connectivity index (χ0) is 13.8. The molecule has 2 atom stereocenters. The number of hydrogen-bond acceptors (Lipinski definition) is 4. The molecule has 0 heterocycles. The summed E-state index contributed by atoms with van der Waals surface area (Å²) < 4.78 is 10.5. The third-order valence-corrected chi connectivity index (χ3v) is 3.65. The minimum Gasteiger partial charge on any atom is -0.479 e. The normalized spacial score (nSPS) is 19.4. The zero-order valence-corrected chi connectivity index (χ0v) is 11.7. The fourth-order valence-corrected chi connectivity index (χ4v) is 2.63. The number of carbonyl (C=O) groups excluding carboxylic acids is 1. The fraction of sp³-hybridized carbons (Fsp3) is 0.533. The van der Waals surface area contributed by atoms with Crippen LogP contribution in [0.4, 0.5) is 0 Å². The molecular formula is C15H21NO3. The van der Waals surface area contributed by atoms with Gasteiger partial charge in [-0.1, -0.05) is 12.1 Å². The van der Waals surface area contributed by atoms with Gasteiger partial charge in [0.15, 0.2) is 6.10 Å². The number of benzene rings is 1. The summed E-state index contributed by atoms with van der Waals surface area (Å²) in [5.74, 6) is 0.453. The first-order valence-electron chi connectivity index (χ1n) is 6.71. The van der Waals surface area contributed by atoms with Gasteiger partial charge in [0, 0.05) is 6.04 Å². The van der Waals surface area contributed by atoms with E-state index in [2.05, 4.69) is 11.4 Å². The summed E-state index contributed by atoms with van der Waals surface area (Å²) in [7, 11) is 3.35. The van der Waals surface area contributed by atoms with Crippen molar-refractivity contribution in [2.45, 2.75) is 38.3 Å². The lowest BCUT2D eigenvalue weighted by atomic mass is 9.87. The largest absolute Gasteiger partial charge is 0.479 e. The summed E-state index contributed by atoms with van der Waals surface area (Å²) >= 11 is 0. The van der Waals surface area contributed by atoms with Crippen LogP contribution >= 0.6 is 0 Å². The van der Waals surface area contributed by atoms with E-state index < -0.39 is 6.10 Å². The Labute approximate surface area is 114 Å². The maximum atomic E-state index is 11.4. The summed E-state index contributed by atoms with van der Waals surface area (Å²) in [6.45, 7) is 1.71. The number of methoxy groups -OCH3 is 1. The SMILES string of the molecule is CNC1CCCc2c(OC(C)C(=O)OC)cccc21. The number of carbonyl (C=O) groups is 1. The molecule has 0 aromatic heterocycles. The Kier molecular flexibility index (Phi) is 4.43. The Bertz CT molecular complexity index is 459. The van der Waals surface area contributed by atoms with Gasteiger partial charge < -0.3 is 14.8 Å². The molecule has 1 N–H and O–H groups in total. The van der Waals surface area contributed by atoms with Crippen LogP contribution in [-0.4, -0.2) is 26.2 Å². The maximum Gasteiger partial charge on any atom is 0.346 e. The highest BCUT2D eigenvalue weighted by Gasteiger charge is 2.23. The van der Waals surface area contributed by atoms with Crippen LogP contribution in [0.2, 0.25) is 0 Å². The van der Waals surface area contributed by atoms with Crippen molar-refractivity contribution in [1.82, 2.24) is 5.32 Å². The number of ether oxygens (including phenoxy) is 2. The standard InChI is InChI=1S/C15H21NO3/c1-10(15(17)18-3)19-14-9-5-6-11-12(14)7-4-8-13(11)16-2/h5-6,9-10,13,16H,4,7-8H2,1-3H3. The number of esters is 1. The van der Waals surface area contributed by atoms with E-state index in [0.717, 1.165) is 25.0 Å². The van der Waals surface area contributed by atoms with Gasteiger partial charge in [0.1, 0.15) is 5.75 Å². The van der Waals surface area contributed by atoms with Crippen molar-refractivity contribution in [3.63, 3.8) is 0 Å². The first-order valence-corrected chi connectivity index (χ1v) is 6.71. The Hall–Kier alpha value is -1.55. The summed E-state index contributed by atoms with van der Waals surface area (Å²) in [6.07, 6.45) is 2.69. The van der Waals surface area contributed by atoms with Crippen molar-refractivity contribution in [3.05, 3.63) is 29.3 Å². The Morgan fingerprint density at radius 2 is 2.26 bits per heavy atom. The van der Waals surface area contributed by atoms with Crippen LogP contribution in [0.1, 0.15) is 36.9 Å². The second kappa shape index (κ2) is 6.06. The Morgan fingerprint density at radius 3 is 2.95 bits per heavy atom. The average Bonchev–Trinajstić information content (AvgIpc) is 2.46. The van der Waals surface area contributed by atoms with E-state index in [1.807, 2.05) is 19.2 Å². The van der Waals surface area contributed by atoms with E-state index in [1.54, 1.807) is 6.92 Å². The monoisotopic (exact) mass is 263 g/mol. The van der Waals surface area contributed by atoms with Gasteiger partial charge in [0.2, 0.25) is 0 Å². The highest BCUT2D eigenvalue weighted by Crippen LogP contribution is 2.35. The van der Waals surface area contributed by atoms with Crippen LogP contribution in [-0.2, 0) is 16.0 Å². The predicted octanol–water partition coefficient (Wildman–Crippen LogP) is 2.22. The molecule has 0 saturated carbocycles. The van der Waals surface area contributed by atoms with E-state index in [0.29, 0.717) is 6.04 Å². The van der Waals surface area contributed by atoms with E-state index in [9.17, 15) is 4.79 Å². The van der Waals surface area contributed by atoms with Crippen molar-refractivity contribution in [3.8, 4) is 5.75 Å². The van der Waals surface area contributed by atoms with Gasteiger partial charge in [0.25, 0.3) is 0 Å². The lowest BCUT2D eigenvalue weighted by molar-refractivity contribution is -0.147. The van der Waals surface area contributed by atoms with E-state index >= 15 is 0 Å². The molecule has 1 aliphatic rings. The van der Waals surface area contributed by atoms with Crippen LogP contribution in [0.5, 0.6) is 5.75 Å². The summed E-state index contributed by atoms with van der Waals surface area (Å²) in [5, 5.41) is 3.33. The Balaban J connectivity index is 2.25. The molecule has 104 valence electrons. The molecule has 1 aromatic carbocycles. The molecule has 0 spiro atoms. The van der Waals surface area contributed by atoms with Gasteiger partial charge in [-0.3, -0.25) is 0 Å². The molecule has 0 bridgehead atoms. The molecule has 4 nitrogen and oxygen atoms in total. The number of fused-ring (bicyclic) bond motifs is 1. The van der Waals surface area contributed by atoms with E-state index in [-0.39, 0.29) is 5.97 Å². The third-order valence-electron chi connectivity index (χ3n) is 3.65. The van der Waals surface area contributed by atoms with Crippen molar-refractivity contribution in [2.24, 2.45) is 0 Å². The van der Waals surface area contributed by atoms with Gasteiger partial charge in [-0.05, 0) is 50.4 Å². The second-order valence-corrected chi connectivity index (χ2v) is 4.84. The van der Waals surface area contributed by atoms with Crippen molar-refractivity contribution in [2.75, 3.05) is 14.2 Å². The Morgan fingerprint density at radius 1 is 1.47 bits per heavy atom. The van der Waals surface area contributed by atoms with Crippen molar-refractivity contribution < 1.29 is 14.3 Å². The quantitative estimate of drug-likeness (QED) is 0.846. The average molecular weight is 263 g/mol. The topological polar surface area (TPSA) is 47.6 Å². The van der Waals surface area contributed by atoms with Gasteiger partial charge in [-0.15, -0.1) is 0 Å². The minimum absolute atomic E-state index is 0.349. The van der Waals surface area contributed by atoms with Crippen LogP contribution in [0.3, 0.4) is 0 Å². The molecule has 2 rings (SSSR count). The fourth-order valence-electron chi connectivity index (χ4n) is 2.63. The predicted molar refractivity (Wildman–Crippen MR) is 73.3 cm³/mol. The molecule has 0 radical (unpaired) electrons. The molecule has 0 fully saturated rings. The van der Waals surface area contributed by atoms with Crippen LogP contribution in [0.15, 0.2) is 18.2 Å². The highest BCUT2D eigenvalue weighted by molar-refractivity contribution is 5.74. The molecule has 0 aliphatic heterocycles. The first kappa shape index (κ1) is 13.9. The molecule has 1 aromatic rings. The van der Waals surface area contributed by atoms with E-state index in [1.165, 1.54) is 18.2 Å². The van der Waals surface area contributed by atoms with E-state index in [4.69, 9.17) is 9.47 Å².